The number of nitrogens with zero attached hydrogens (tertiary/aromatic N) is 2. The van der Waals surface area contributed by atoms with Crippen molar-refractivity contribution in [3.8, 4) is 5.75 Å². The summed E-state index contributed by atoms with van der Waals surface area (Å²) in [5.74, 6) is -2.05. The van der Waals surface area contributed by atoms with Gasteiger partial charge in [0.15, 0.2) is 0 Å². The molecule has 1 saturated heterocycles. The van der Waals surface area contributed by atoms with Crippen molar-refractivity contribution in [3.05, 3.63) is 52.4 Å². The molecular weight excluding hydrogens is 404 g/mol. The van der Waals surface area contributed by atoms with Gasteiger partial charge in [0.05, 0.1) is 12.8 Å². The minimum Gasteiger partial charge on any atom is -0.495 e. The Hall–Kier alpha value is -3.82. The predicted molar refractivity (Wildman–Crippen MR) is 111 cm³/mol. The molecule has 1 fully saturated rings. The molecule has 1 aromatic heterocycles. The summed E-state index contributed by atoms with van der Waals surface area (Å²) in [5.41, 5.74) is 1.01. The van der Waals surface area contributed by atoms with E-state index in [-0.39, 0.29) is 29.6 Å². The number of rotatable bonds is 3. The Bertz CT molecular complexity index is 1110. The van der Waals surface area contributed by atoms with E-state index in [2.05, 4.69) is 10.6 Å². The molecule has 10 heteroatoms. The summed E-state index contributed by atoms with van der Waals surface area (Å²) in [6.45, 7) is 0.902. The highest BCUT2D eigenvalue weighted by Crippen LogP contribution is 2.35. The lowest BCUT2D eigenvalue weighted by Crippen LogP contribution is -2.51. The quantitative estimate of drug-likeness (QED) is 0.638. The van der Waals surface area contributed by atoms with Gasteiger partial charge in [-0.25, -0.2) is 9.59 Å². The number of urea groups is 1. The van der Waals surface area contributed by atoms with Crippen LogP contribution in [0.15, 0.2) is 41.2 Å². The van der Waals surface area contributed by atoms with Crippen LogP contribution in [0.5, 0.6) is 5.75 Å². The second-order valence-electron chi connectivity index (χ2n) is 7.68. The molecule has 3 amide bonds. The van der Waals surface area contributed by atoms with Crippen LogP contribution in [0.1, 0.15) is 18.0 Å². The Kier molecular flexibility index (Phi) is 5.37. The number of benzene rings is 1. The highest BCUT2D eigenvalue weighted by atomic mass is 16.5. The standard InChI is InChI=1S/C21H22N4O6/c1-31-17-5-3-2-4-14(17)22-21(30)23-15-6-7-16-13-8-12(10-25(16)18(15)26)9-24(11-13)19(27)20(28)29/h2-7,12-13H,8-11H2,1H3,(H,28,29)(H2,22,23,30). The van der Waals surface area contributed by atoms with Gasteiger partial charge < -0.3 is 29.9 Å². The second kappa shape index (κ2) is 8.13. The topological polar surface area (TPSA) is 130 Å². The lowest BCUT2D eigenvalue weighted by Gasteiger charge is -2.42. The summed E-state index contributed by atoms with van der Waals surface area (Å²) in [6, 6.07) is 9.63. The molecule has 31 heavy (non-hydrogen) atoms. The van der Waals surface area contributed by atoms with Crippen molar-refractivity contribution >= 4 is 29.3 Å². The Morgan fingerprint density at radius 3 is 2.52 bits per heavy atom. The highest BCUT2D eigenvalue weighted by molar-refractivity contribution is 6.31. The molecule has 0 radical (unpaired) electrons. The van der Waals surface area contributed by atoms with E-state index in [0.717, 1.165) is 12.1 Å². The molecule has 3 N–H and O–H groups in total. The number of carbonyl (C=O) groups excluding carboxylic acids is 2. The van der Waals surface area contributed by atoms with Crippen LogP contribution < -0.4 is 20.9 Å². The van der Waals surface area contributed by atoms with E-state index >= 15 is 0 Å². The number of anilines is 2. The van der Waals surface area contributed by atoms with Crippen molar-refractivity contribution in [2.45, 2.75) is 18.9 Å². The number of amides is 3. The molecule has 2 bridgehead atoms. The maximum Gasteiger partial charge on any atom is 0.394 e. The normalized spacial score (nSPS) is 19.2. The number of hydrogen-bond acceptors (Lipinski definition) is 5. The zero-order chi connectivity index (χ0) is 22.1. The van der Waals surface area contributed by atoms with Crippen molar-refractivity contribution < 1.29 is 24.2 Å². The van der Waals surface area contributed by atoms with Crippen LogP contribution in [0, 0.1) is 5.92 Å². The predicted octanol–water partition coefficient (Wildman–Crippen LogP) is 1.53. The largest absolute Gasteiger partial charge is 0.495 e. The van der Waals surface area contributed by atoms with E-state index in [4.69, 9.17) is 9.84 Å². The van der Waals surface area contributed by atoms with Gasteiger partial charge in [-0.3, -0.25) is 9.59 Å². The summed E-state index contributed by atoms with van der Waals surface area (Å²) in [5, 5.41) is 14.2. The van der Waals surface area contributed by atoms with E-state index in [1.807, 2.05) is 0 Å². The summed E-state index contributed by atoms with van der Waals surface area (Å²) in [7, 11) is 1.50. The van der Waals surface area contributed by atoms with Crippen molar-refractivity contribution in [3.63, 3.8) is 0 Å². The molecule has 2 aliphatic heterocycles. The van der Waals surface area contributed by atoms with Gasteiger partial charge in [-0.05, 0) is 36.6 Å². The van der Waals surface area contributed by atoms with E-state index in [9.17, 15) is 19.2 Å². The first-order valence-corrected chi connectivity index (χ1v) is 9.84. The van der Waals surface area contributed by atoms with Crippen LogP contribution in [0.3, 0.4) is 0 Å². The molecule has 1 aromatic carbocycles. The fourth-order valence-corrected chi connectivity index (χ4v) is 4.37. The van der Waals surface area contributed by atoms with Crippen LogP contribution in [-0.4, -0.2) is 52.7 Å². The number of fused-ring (bicyclic) bond motifs is 4. The molecular formula is C21H22N4O6. The first-order valence-electron chi connectivity index (χ1n) is 9.84. The van der Waals surface area contributed by atoms with E-state index in [1.165, 1.54) is 18.1 Å². The number of carboxylic acids is 1. The maximum absolute atomic E-state index is 13.0. The number of piperidine rings is 1. The number of ether oxygens (including phenoxy) is 1. The molecule has 2 aliphatic rings. The first-order chi connectivity index (χ1) is 14.9. The summed E-state index contributed by atoms with van der Waals surface area (Å²) in [4.78, 5) is 49.7. The molecule has 2 unspecified atom stereocenters. The molecule has 0 aliphatic carbocycles. The van der Waals surface area contributed by atoms with Crippen molar-refractivity contribution in [1.82, 2.24) is 9.47 Å². The SMILES string of the molecule is COc1ccccc1NC(=O)Nc1ccc2n(c1=O)CC1CC2CN(C(=O)C(=O)O)C1. The fourth-order valence-electron chi connectivity index (χ4n) is 4.37. The van der Waals surface area contributed by atoms with Crippen LogP contribution in [0.25, 0.3) is 0 Å². The average molecular weight is 426 g/mol. The Labute approximate surface area is 177 Å². The summed E-state index contributed by atoms with van der Waals surface area (Å²) >= 11 is 0. The van der Waals surface area contributed by atoms with Gasteiger partial charge in [0.1, 0.15) is 11.4 Å². The van der Waals surface area contributed by atoms with Gasteiger partial charge in [0, 0.05) is 31.2 Å². The number of pyridine rings is 1. The van der Waals surface area contributed by atoms with Gasteiger partial charge in [0.25, 0.3) is 5.56 Å². The summed E-state index contributed by atoms with van der Waals surface area (Å²) < 4.78 is 6.82. The molecule has 0 spiro atoms. The first kappa shape index (κ1) is 20.5. The number of methoxy groups -OCH3 is 1. The van der Waals surface area contributed by atoms with Gasteiger partial charge >= 0.3 is 17.9 Å². The Morgan fingerprint density at radius 2 is 1.77 bits per heavy atom. The average Bonchev–Trinajstić information content (AvgIpc) is 2.75. The molecule has 162 valence electrons. The number of para-hydroxylation sites is 2. The Morgan fingerprint density at radius 1 is 1.03 bits per heavy atom. The fraction of sp³-hybridized carbons (Fsp3) is 0.333. The van der Waals surface area contributed by atoms with Crippen LogP contribution in [0.4, 0.5) is 16.2 Å². The number of nitrogens with one attached hydrogen (secondary N) is 2. The van der Waals surface area contributed by atoms with E-state index in [0.29, 0.717) is 24.5 Å². The molecule has 2 aromatic rings. The zero-order valence-corrected chi connectivity index (χ0v) is 16.8. The second-order valence-corrected chi connectivity index (χ2v) is 7.68. The monoisotopic (exact) mass is 426 g/mol. The number of carboxylic acid groups (broad SMARTS) is 1. The lowest BCUT2D eigenvalue weighted by molar-refractivity contribution is -0.157. The molecule has 2 atom stereocenters. The third-order valence-corrected chi connectivity index (χ3v) is 5.68. The van der Waals surface area contributed by atoms with Crippen molar-refractivity contribution in [2.75, 3.05) is 30.8 Å². The number of hydrogen-bond donors (Lipinski definition) is 3. The smallest absolute Gasteiger partial charge is 0.394 e. The molecule has 10 nitrogen and oxygen atoms in total. The third-order valence-electron chi connectivity index (χ3n) is 5.68. The van der Waals surface area contributed by atoms with Crippen molar-refractivity contribution in [1.29, 1.82) is 0 Å². The minimum atomic E-state index is -1.47. The third kappa shape index (κ3) is 3.96. The van der Waals surface area contributed by atoms with Gasteiger partial charge in [-0.15, -0.1) is 0 Å². The van der Waals surface area contributed by atoms with Crippen LogP contribution in [0.2, 0.25) is 0 Å². The van der Waals surface area contributed by atoms with Crippen LogP contribution >= 0.6 is 0 Å². The van der Waals surface area contributed by atoms with Crippen LogP contribution in [-0.2, 0) is 16.1 Å². The highest BCUT2D eigenvalue weighted by Gasteiger charge is 2.38. The number of aliphatic carboxylic acids is 1. The maximum atomic E-state index is 13.0. The number of likely N-dealkylation sites (tertiary alicyclic amines) is 1. The summed E-state index contributed by atoms with van der Waals surface area (Å²) in [6.07, 6.45) is 0.782. The number of aromatic nitrogens is 1. The number of carbonyl (C=O) groups is 3. The molecule has 4 rings (SSSR count). The lowest BCUT2D eigenvalue weighted by atomic mass is 9.83. The van der Waals surface area contributed by atoms with Gasteiger partial charge in [0.2, 0.25) is 0 Å². The van der Waals surface area contributed by atoms with Gasteiger partial charge in [-0.1, -0.05) is 12.1 Å². The molecule has 0 saturated carbocycles. The van der Waals surface area contributed by atoms with Gasteiger partial charge in [-0.2, -0.15) is 0 Å². The minimum absolute atomic E-state index is 0.0232. The zero-order valence-electron chi connectivity index (χ0n) is 16.8. The van der Waals surface area contributed by atoms with Crippen molar-refractivity contribution in [2.24, 2.45) is 5.92 Å². The Balaban J connectivity index is 1.53. The van der Waals surface area contributed by atoms with E-state index < -0.39 is 17.9 Å². The molecule has 3 heterocycles. The van der Waals surface area contributed by atoms with E-state index in [1.54, 1.807) is 34.9 Å².